The van der Waals surface area contributed by atoms with Gasteiger partial charge in [-0.3, -0.25) is 14.3 Å². The Morgan fingerprint density at radius 3 is 2.62 bits per heavy atom. The molecule has 0 aliphatic rings. The Kier molecular flexibility index (Phi) is 8.97. The Morgan fingerprint density at radius 1 is 1.38 bits per heavy atom. The highest BCUT2D eigenvalue weighted by Gasteiger charge is 2.12. The van der Waals surface area contributed by atoms with Gasteiger partial charge < -0.3 is 15.2 Å². The van der Waals surface area contributed by atoms with Gasteiger partial charge in [0.1, 0.15) is 6.04 Å². The van der Waals surface area contributed by atoms with Crippen molar-refractivity contribution in [3.05, 3.63) is 0 Å². The minimum atomic E-state index is -0.622. The molecule has 0 aliphatic carbocycles. The van der Waals surface area contributed by atoms with Crippen molar-refractivity contribution in [1.82, 2.24) is 4.72 Å². The van der Waals surface area contributed by atoms with Crippen LogP contribution in [-0.4, -0.2) is 44.5 Å². The van der Waals surface area contributed by atoms with E-state index in [0.717, 1.165) is 0 Å². The molecule has 6 nitrogen and oxygen atoms in total. The number of esters is 2. The van der Waals surface area contributed by atoms with E-state index in [0.29, 0.717) is 25.1 Å². The van der Waals surface area contributed by atoms with Gasteiger partial charge in [-0.15, -0.1) is 0 Å². The zero-order valence-corrected chi connectivity index (χ0v) is 10.3. The van der Waals surface area contributed by atoms with Gasteiger partial charge in [-0.25, -0.2) is 0 Å². The van der Waals surface area contributed by atoms with Crippen molar-refractivity contribution in [1.29, 1.82) is 0 Å². The second-order valence-electron chi connectivity index (χ2n) is 3.01. The van der Waals surface area contributed by atoms with Crippen molar-refractivity contribution < 1.29 is 19.1 Å². The van der Waals surface area contributed by atoms with Crippen LogP contribution in [0.1, 0.15) is 12.8 Å². The fourth-order valence-corrected chi connectivity index (χ4v) is 1.57. The van der Waals surface area contributed by atoms with Crippen LogP contribution in [0.2, 0.25) is 0 Å². The van der Waals surface area contributed by atoms with E-state index < -0.39 is 12.0 Å². The predicted molar refractivity (Wildman–Crippen MR) is 61.7 cm³/mol. The van der Waals surface area contributed by atoms with Crippen LogP contribution in [0.3, 0.4) is 0 Å². The molecule has 0 spiro atoms. The second kappa shape index (κ2) is 9.44. The van der Waals surface area contributed by atoms with Crippen LogP contribution in [0.4, 0.5) is 0 Å². The maximum Gasteiger partial charge on any atom is 0.323 e. The van der Waals surface area contributed by atoms with Crippen LogP contribution < -0.4 is 10.5 Å². The Bertz CT molecular complexity index is 226. The molecule has 94 valence electrons. The number of nitrogens with two attached hydrogens (primary N) is 1. The van der Waals surface area contributed by atoms with Crippen LogP contribution in [0, 0.1) is 0 Å². The number of hydrogen-bond donors (Lipinski definition) is 2. The van der Waals surface area contributed by atoms with Crippen molar-refractivity contribution in [3.63, 3.8) is 0 Å². The SMILES string of the molecule is COC(=O)CCCNSC[C@H](N)C(=O)OC. The lowest BCUT2D eigenvalue weighted by Gasteiger charge is -2.08. The van der Waals surface area contributed by atoms with Crippen LogP contribution >= 0.6 is 11.9 Å². The third kappa shape index (κ3) is 7.49. The summed E-state index contributed by atoms with van der Waals surface area (Å²) in [6.07, 6.45) is 1.07. The first-order valence-electron chi connectivity index (χ1n) is 4.86. The first-order valence-corrected chi connectivity index (χ1v) is 5.85. The van der Waals surface area contributed by atoms with Gasteiger partial charge in [0.2, 0.25) is 0 Å². The summed E-state index contributed by atoms with van der Waals surface area (Å²) in [5.74, 6) is -0.216. The molecule has 0 saturated carbocycles. The highest BCUT2D eigenvalue weighted by atomic mass is 32.2. The van der Waals surface area contributed by atoms with E-state index in [-0.39, 0.29) is 5.97 Å². The summed E-state index contributed by atoms with van der Waals surface area (Å²) >= 11 is 1.34. The van der Waals surface area contributed by atoms with E-state index in [9.17, 15) is 9.59 Å². The largest absolute Gasteiger partial charge is 0.469 e. The molecule has 0 heterocycles. The lowest BCUT2D eigenvalue weighted by atomic mass is 10.3. The van der Waals surface area contributed by atoms with Gasteiger partial charge in [0.15, 0.2) is 0 Å². The smallest absolute Gasteiger partial charge is 0.323 e. The summed E-state index contributed by atoms with van der Waals surface area (Å²) < 4.78 is 12.0. The molecule has 1 atom stereocenters. The summed E-state index contributed by atoms with van der Waals surface area (Å²) in [6.45, 7) is 0.660. The molecule has 0 rings (SSSR count). The maximum atomic E-state index is 10.9. The number of ether oxygens (including phenoxy) is 2. The maximum absolute atomic E-state index is 10.9. The van der Waals surface area contributed by atoms with Gasteiger partial charge >= 0.3 is 11.9 Å². The van der Waals surface area contributed by atoms with Gasteiger partial charge in [-0.2, -0.15) is 0 Å². The second-order valence-corrected chi connectivity index (χ2v) is 3.93. The fourth-order valence-electron chi connectivity index (χ4n) is 0.847. The molecule has 0 aromatic carbocycles. The number of carbonyl (C=O) groups excluding carboxylic acids is 2. The Labute approximate surface area is 99.4 Å². The van der Waals surface area contributed by atoms with E-state index in [2.05, 4.69) is 14.2 Å². The van der Waals surface area contributed by atoms with Crippen molar-refractivity contribution in [2.45, 2.75) is 18.9 Å². The third-order valence-electron chi connectivity index (χ3n) is 1.76. The molecule has 7 heteroatoms. The monoisotopic (exact) mass is 250 g/mol. The van der Waals surface area contributed by atoms with Gasteiger partial charge in [0.05, 0.1) is 14.2 Å². The molecule has 0 fully saturated rings. The summed E-state index contributed by atoms with van der Waals surface area (Å²) in [5, 5.41) is 0. The molecule has 0 radical (unpaired) electrons. The number of carbonyl (C=O) groups is 2. The van der Waals surface area contributed by atoms with Crippen molar-refractivity contribution >= 4 is 23.9 Å². The Balaban J connectivity index is 3.33. The molecular formula is C9H18N2O4S. The van der Waals surface area contributed by atoms with Gasteiger partial charge in [0, 0.05) is 18.7 Å². The Hall–Kier alpha value is -0.790. The number of nitrogens with one attached hydrogen (secondary N) is 1. The van der Waals surface area contributed by atoms with Crippen LogP contribution in [-0.2, 0) is 19.1 Å². The predicted octanol–water partition coefficient (Wildman–Crippen LogP) is -0.322. The number of hydrogen-bond acceptors (Lipinski definition) is 7. The molecule has 0 aromatic heterocycles. The average molecular weight is 250 g/mol. The molecule has 0 unspecified atom stereocenters. The first kappa shape index (κ1) is 15.2. The molecule has 0 aromatic rings. The van der Waals surface area contributed by atoms with Gasteiger partial charge in [-0.1, -0.05) is 11.9 Å². The average Bonchev–Trinajstić information content (AvgIpc) is 2.31. The molecule has 0 amide bonds. The van der Waals surface area contributed by atoms with Crippen molar-refractivity contribution in [2.75, 3.05) is 26.5 Å². The van der Waals surface area contributed by atoms with Crippen molar-refractivity contribution in [3.8, 4) is 0 Å². The lowest BCUT2D eigenvalue weighted by Crippen LogP contribution is -2.34. The molecule has 0 bridgehead atoms. The Morgan fingerprint density at radius 2 is 2.06 bits per heavy atom. The van der Waals surface area contributed by atoms with E-state index in [1.807, 2.05) is 0 Å². The van der Waals surface area contributed by atoms with Crippen LogP contribution in [0.5, 0.6) is 0 Å². The molecular weight excluding hydrogens is 232 g/mol. The zero-order valence-electron chi connectivity index (χ0n) is 9.52. The van der Waals surface area contributed by atoms with Crippen LogP contribution in [0.25, 0.3) is 0 Å². The zero-order chi connectivity index (χ0) is 12.4. The highest BCUT2D eigenvalue weighted by Crippen LogP contribution is 1.99. The van der Waals surface area contributed by atoms with Gasteiger partial charge in [0.25, 0.3) is 0 Å². The van der Waals surface area contributed by atoms with E-state index >= 15 is 0 Å². The summed E-state index contributed by atoms with van der Waals surface area (Å²) in [6, 6.07) is -0.622. The summed E-state index contributed by atoms with van der Waals surface area (Å²) in [4.78, 5) is 21.7. The number of rotatable bonds is 8. The quantitative estimate of drug-likeness (QED) is 0.346. The lowest BCUT2D eigenvalue weighted by molar-refractivity contribution is -0.142. The topological polar surface area (TPSA) is 90.6 Å². The van der Waals surface area contributed by atoms with Crippen LogP contribution in [0.15, 0.2) is 0 Å². The normalized spacial score (nSPS) is 11.9. The van der Waals surface area contributed by atoms with E-state index in [1.165, 1.54) is 26.2 Å². The molecule has 3 N–H and O–H groups in total. The summed E-state index contributed by atoms with van der Waals surface area (Å²) in [5.41, 5.74) is 5.50. The number of methoxy groups -OCH3 is 2. The van der Waals surface area contributed by atoms with Gasteiger partial charge in [-0.05, 0) is 6.42 Å². The third-order valence-corrected chi connectivity index (χ3v) is 2.69. The standard InChI is InChI=1S/C9H18N2O4S/c1-14-8(12)4-3-5-11-16-6-7(10)9(13)15-2/h7,11H,3-6,10H2,1-2H3/t7-/m0/s1. The highest BCUT2D eigenvalue weighted by molar-refractivity contribution is 7.97. The molecule has 16 heavy (non-hydrogen) atoms. The summed E-state index contributed by atoms with van der Waals surface area (Å²) in [7, 11) is 2.66. The minimum Gasteiger partial charge on any atom is -0.469 e. The first-order chi connectivity index (χ1) is 7.61. The van der Waals surface area contributed by atoms with E-state index in [1.54, 1.807) is 0 Å². The van der Waals surface area contributed by atoms with Crippen molar-refractivity contribution in [2.24, 2.45) is 5.73 Å². The molecule has 0 saturated heterocycles. The fraction of sp³-hybridized carbons (Fsp3) is 0.778. The molecule has 0 aliphatic heterocycles. The van der Waals surface area contributed by atoms with E-state index in [4.69, 9.17) is 5.73 Å². The minimum absolute atomic E-state index is 0.224.